The summed E-state index contributed by atoms with van der Waals surface area (Å²) in [5.41, 5.74) is 4.45. The van der Waals surface area contributed by atoms with Crippen LogP contribution in [0.3, 0.4) is 0 Å². The van der Waals surface area contributed by atoms with Crippen LogP contribution in [-0.2, 0) is 0 Å². The molecule has 0 saturated carbocycles. The van der Waals surface area contributed by atoms with Crippen LogP contribution in [-0.4, -0.2) is 11.1 Å². The summed E-state index contributed by atoms with van der Waals surface area (Å²) < 4.78 is 0. The number of hydrogen-bond acceptors (Lipinski definition) is 2. The number of hydrogen-bond donors (Lipinski definition) is 2. The van der Waals surface area contributed by atoms with Gasteiger partial charge in [0.05, 0.1) is 5.56 Å². The molecule has 3 nitrogen and oxygen atoms in total. The van der Waals surface area contributed by atoms with Crippen LogP contribution in [0, 0.1) is 6.92 Å². The van der Waals surface area contributed by atoms with E-state index in [2.05, 4.69) is 31.3 Å². The van der Waals surface area contributed by atoms with Crippen molar-refractivity contribution in [3.63, 3.8) is 0 Å². The van der Waals surface area contributed by atoms with E-state index in [4.69, 9.17) is 5.11 Å². The Morgan fingerprint density at radius 2 is 1.75 bits per heavy atom. The van der Waals surface area contributed by atoms with Gasteiger partial charge in [-0.2, -0.15) is 0 Å². The van der Waals surface area contributed by atoms with Gasteiger partial charge in [0.2, 0.25) is 0 Å². The van der Waals surface area contributed by atoms with Crippen LogP contribution in [0.2, 0.25) is 0 Å². The highest BCUT2D eigenvalue weighted by atomic mass is 16.4. The van der Waals surface area contributed by atoms with Gasteiger partial charge in [0.1, 0.15) is 0 Å². The average Bonchev–Trinajstić information content (AvgIpc) is 2.41. The monoisotopic (exact) mass is 269 g/mol. The van der Waals surface area contributed by atoms with Gasteiger partial charge in [0.15, 0.2) is 0 Å². The van der Waals surface area contributed by atoms with E-state index in [1.54, 1.807) is 18.2 Å². The van der Waals surface area contributed by atoms with E-state index in [0.717, 1.165) is 16.9 Å². The summed E-state index contributed by atoms with van der Waals surface area (Å²) in [5.74, 6) is -0.387. The summed E-state index contributed by atoms with van der Waals surface area (Å²) in [4.78, 5) is 10.9. The molecular weight excluding hydrogens is 250 g/mol. The Bertz CT molecular complexity index is 615. The number of anilines is 2. The first-order valence-corrected chi connectivity index (χ1v) is 6.68. The van der Waals surface area contributed by atoms with Crippen LogP contribution in [0.15, 0.2) is 42.5 Å². The van der Waals surface area contributed by atoms with Gasteiger partial charge >= 0.3 is 5.97 Å². The molecule has 0 aliphatic rings. The molecular formula is C17H19NO2. The van der Waals surface area contributed by atoms with Crippen molar-refractivity contribution in [2.24, 2.45) is 0 Å². The zero-order chi connectivity index (χ0) is 14.7. The van der Waals surface area contributed by atoms with E-state index in [1.165, 1.54) is 5.56 Å². The maximum atomic E-state index is 10.9. The van der Waals surface area contributed by atoms with Crippen LogP contribution in [0.4, 0.5) is 11.4 Å². The van der Waals surface area contributed by atoms with Gasteiger partial charge < -0.3 is 10.4 Å². The lowest BCUT2D eigenvalue weighted by Gasteiger charge is -2.12. The second kappa shape index (κ2) is 5.78. The Morgan fingerprint density at radius 3 is 2.25 bits per heavy atom. The van der Waals surface area contributed by atoms with Crippen LogP contribution in [0.25, 0.3) is 0 Å². The summed E-state index contributed by atoms with van der Waals surface area (Å²) >= 11 is 0. The minimum absolute atomic E-state index is 0.309. The van der Waals surface area contributed by atoms with E-state index in [-0.39, 0.29) is 0 Å². The molecule has 2 N–H and O–H groups in total. The summed E-state index contributed by atoms with van der Waals surface area (Å²) in [5, 5.41) is 12.3. The fourth-order valence-corrected chi connectivity index (χ4v) is 2.04. The summed E-state index contributed by atoms with van der Waals surface area (Å²) in [7, 11) is 0. The number of aromatic carboxylic acids is 1. The second-order valence-corrected chi connectivity index (χ2v) is 5.24. The Morgan fingerprint density at radius 1 is 1.10 bits per heavy atom. The first kappa shape index (κ1) is 14.1. The van der Waals surface area contributed by atoms with Gasteiger partial charge in [-0.3, -0.25) is 0 Å². The van der Waals surface area contributed by atoms with Crippen LogP contribution >= 0.6 is 0 Å². The van der Waals surface area contributed by atoms with Crippen molar-refractivity contribution >= 4 is 17.3 Å². The molecule has 0 aliphatic heterocycles. The molecule has 2 aromatic rings. The number of carboxylic acids is 1. The van der Waals surface area contributed by atoms with E-state index >= 15 is 0 Å². The van der Waals surface area contributed by atoms with E-state index < -0.39 is 5.97 Å². The third-order valence-corrected chi connectivity index (χ3v) is 3.33. The Balaban J connectivity index is 2.19. The molecule has 0 unspecified atom stereocenters. The molecule has 0 aromatic heterocycles. The summed E-state index contributed by atoms with van der Waals surface area (Å²) in [6, 6.07) is 13.4. The average molecular weight is 269 g/mol. The highest BCUT2D eigenvalue weighted by molar-refractivity contribution is 5.88. The van der Waals surface area contributed by atoms with E-state index in [0.29, 0.717) is 11.5 Å². The van der Waals surface area contributed by atoms with Gasteiger partial charge in [-0.1, -0.05) is 26.0 Å². The normalized spacial score (nSPS) is 10.6. The summed E-state index contributed by atoms with van der Waals surface area (Å²) in [6.45, 7) is 6.23. The van der Waals surface area contributed by atoms with Gasteiger partial charge in [0.25, 0.3) is 0 Å². The first-order chi connectivity index (χ1) is 9.47. The number of rotatable bonds is 4. The van der Waals surface area contributed by atoms with E-state index in [1.807, 2.05) is 19.1 Å². The lowest BCUT2D eigenvalue weighted by molar-refractivity contribution is 0.0697. The molecule has 3 heteroatoms. The minimum atomic E-state index is -0.902. The van der Waals surface area contributed by atoms with Gasteiger partial charge in [0, 0.05) is 11.4 Å². The summed E-state index contributed by atoms with van der Waals surface area (Å²) in [6.07, 6.45) is 0. The maximum Gasteiger partial charge on any atom is 0.335 e. The Labute approximate surface area is 119 Å². The second-order valence-electron chi connectivity index (χ2n) is 5.24. The number of carboxylic acid groups (broad SMARTS) is 1. The fourth-order valence-electron chi connectivity index (χ4n) is 2.04. The van der Waals surface area contributed by atoms with Crippen molar-refractivity contribution in [2.45, 2.75) is 26.7 Å². The number of carbonyl (C=O) groups is 1. The molecule has 104 valence electrons. The molecule has 0 aliphatic carbocycles. The van der Waals surface area contributed by atoms with Crippen LogP contribution in [0.5, 0.6) is 0 Å². The van der Waals surface area contributed by atoms with Crippen molar-refractivity contribution in [1.82, 2.24) is 0 Å². The molecule has 0 bridgehead atoms. The molecule has 20 heavy (non-hydrogen) atoms. The van der Waals surface area contributed by atoms with Crippen LogP contribution < -0.4 is 5.32 Å². The topological polar surface area (TPSA) is 49.3 Å². The number of benzene rings is 2. The van der Waals surface area contributed by atoms with Crippen molar-refractivity contribution < 1.29 is 9.90 Å². The molecule has 2 aromatic carbocycles. The van der Waals surface area contributed by atoms with Gasteiger partial charge in [-0.05, 0) is 54.3 Å². The third-order valence-electron chi connectivity index (χ3n) is 3.33. The Hall–Kier alpha value is -2.29. The lowest BCUT2D eigenvalue weighted by atomic mass is 10.0. The predicted octanol–water partition coefficient (Wildman–Crippen LogP) is 4.56. The molecule has 2 rings (SSSR count). The standard InChI is InChI=1S/C17H19NO2/c1-11(2)13-4-7-15(8-5-13)18-16-9-6-14(17(19)20)10-12(16)3/h4-11,18H,1-3H3,(H,19,20). The minimum Gasteiger partial charge on any atom is -0.478 e. The molecule has 0 radical (unpaired) electrons. The number of aryl methyl sites for hydroxylation is 1. The SMILES string of the molecule is Cc1cc(C(=O)O)ccc1Nc1ccc(C(C)C)cc1. The van der Waals surface area contributed by atoms with Crippen molar-refractivity contribution in [1.29, 1.82) is 0 Å². The molecule has 0 saturated heterocycles. The number of nitrogens with one attached hydrogen (secondary N) is 1. The zero-order valence-corrected chi connectivity index (χ0v) is 12.0. The van der Waals surface area contributed by atoms with Crippen molar-refractivity contribution in [3.05, 3.63) is 59.2 Å². The van der Waals surface area contributed by atoms with Crippen LogP contribution in [0.1, 0.15) is 41.3 Å². The van der Waals surface area contributed by atoms with Crippen molar-refractivity contribution in [3.8, 4) is 0 Å². The van der Waals surface area contributed by atoms with Gasteiger partial charge in [-0.25, -0.2) is 4.79 Å². The fraction of sp³-hybridized carbons (Fsp3) is 0.235. The molecule has 0 amide bonds. The molecule has 0 heterocycles. The zero-order valence-electron chi connectivity index (χ0n) is 12.0. The molecule has 0 spiro atoms. The molecule has 0 fully saturated rings. The van der Waals surface area contributed by atoms with Gasteiger partial charge in [-0.15, -0.1) is 0 Å². The molecule has 0 atom stereocenters. The Kier molecular flexibility index (Phi) is 4.08. The largest absolute Gasteiger partial charge is 0.478 e. The first-order valence-electron chi connectivity index (χ1n) is 6.68. The smallest absolute Gasteiger partial charge is 0.335 e. The van der Waals surface area contributed by atoms with Crippen molar-refractivity contribution in [2.75, 3.05) is 5.32 Å². The maximum absolute atomic E-state index is 10.9. The third kappa shape index (κ3) is 3.18. The quantitative estimate of drug-likeness (QED) is 0.855. The highest BCUT2D eigenvalue weighted by Gasteiger charge is 2.06. The lowest BCUT2D eigenvalue weighted by Crippen LogP contribution is -1.99. The predicted molar refractivity (Wildman–Crippen MR) is 82.0 cm³/mol. The van der Waals surface area contributed by atoms with E-state index in [9.17, 15) is 4.79 Å². The highest BCUT2D eigenvalue weighted by Crippen LogP contribution is 2.23.